The van der Waals surface area contributed by atoms with Crippen LogP contribution in [0, 0.1) is 5.92 Å². The van der Waals surface area contributed by atoms with Gasteiger partial charge in [-0.25, -0.2) is 0 Å². The average Bonchev–Trinajstić information content (AvgIpc) is 2.27. The topological polar surface area (TPSA) is 118 Å². The molecule has 16 heavy (non-hydrogen) atoms. The number of aliphatic hydroxyl groups is 1. The van der Waals surface area contributed by atoms with Crippen LogP contribution in [-0.4, -0.2) is 41.9 Å². The van der Waals surface area contributed by atoms with Gasteiger partial charge in [-0.3, -0.25) is 9.59 Å². The number of amides is 2. The Morgan fingerprint density at radius 2 is 2.06 bits per heavy atom. The van der Waals surface area contributed by atoms with Gasteiger partial charge in [0.1, 0.15) is 6.04 Å². The Bertz CT molecular complexity index is 238. The summed E-state index contributed by atoms with van der Waals surface area (Å²) in [5, 5.41) is 11.2. The Kier molecular flexibility index (Phi) is 7.96. The highest BCUT2D eigenvalue weighted by atomic mass is 32.1. The van der Waals surface area contributed by atoms with E-state index in [0.717, 1.165) is 0 Å². The number of carbonyl (C=O) groups excluding carboxylic acids is 2. The third-order valence-electron chi connectivity index (χ3n) is 2.16. The van der Waals surface area contributed by atoms with E-state index in [2.05, 4.69) is 17.9 Å². The van der Waals surface area contributed by atoms with Crippen LogP contribution in [-0.2, 0) is 9.59 Å². The molecule has 0 aliphatic heterocycles. The van der Waals surface area contributed by atoms with Crippen LogP contribution in [0.1, 0.15) is 12.8 Å². The normalized spacial score (nSPS) is 14.2. The van der Waals surface area contributed by atoms with Gasteiger partial charge in [-0.1, -0.05) is 0 Å². The van der Waals surface area contributed by atoms with Gasteiger partial charge in [-0.05, 0) is 18.1 Å². The monoisotopic (exact) mass is 249 g/mol. The molecule has 0 aromatic rings. The third-order valence-corrected chi connectivity index (χ3v) is 2.67. The van der Waals surface area contributed by atoms with Crippen molar-refractivity contribution in [3.8, 4) is 0 Å². The summed E-state index contributed by atoms with van der Waals surface area (Å²) in [5.74, 6) is -0.161. The zero-order valence-electron chi connectivity index (χ0n) is 9.06. The molecule has 94 valence electrons. The zero-order chi connectivity index (χ0) is 12.6. The molecule has 0 spiro atoms. The molecular formula is C9H19N3O3S. The maximum absolute atomic E-state index is 11.2. The van der Waals surface area contributed by atoms with Crippen molar-refractivity contribution < 1.29 is 14.7 Å². The van der Waals surface area contributed by atoms with Crippen molar-refractivity contribution in [2.75, 3.05) is 18.9 Å². The fraction of sp³-hybridized carbons (Fsp3) is 0.778. The smallest absolute Gasteiger partial charge is 0.239 e. The molecule has 1 unspecified atom stereocenters. The first kappa shape index (κ1) is 15.2. The molecule has 0 radical (unpaired) electrons. The lowest BCUT2D eigenvalue weighted by Gasteiger charge is -2.16. The Labute approximate surface area is 100 Å². The maximum atomic E-state index is 11.2. The fourth-order valence-corrected chi connectivity index (χ4v) is 1.37. The molecule has 6 nitrogen and oxygen atoms in total. The van der Waals surface area contributed by atoms with Gasteiger partial charge >= 0.3 is 0 Å². The van der Waals surface area contributed by atoms with Crippen LogP contribution >= 0.6 is 12.6 Å². The Morgan fingerprint density at radius 3 is 2.50 bits per heavy atom. The Morgan fingerprint density at radius 1 is 1.44 bits per heavy atom. The molecule has 0 aliphatic carbocycles. The van der Waals surface area contributed by atoms with Crippen molar-refractivity contribution in [3.05, 3.63) is 0 Å². The SMILES string of the molecule is NC(=O)CC[C@@H](CS)CNC(=O)C(N)CO. The van der Waals surface area contributed by atoms with E-state index in [1.807, 2.05) is 0 Å². The van der Waals surface area contributed by atoms with Gasteiger partial charge in [0.25, 0.3) is 0 Å². The number of hydrogen-bond donors (Lipinski definition) is 5. The van der Waals surface area contributed by atoms with Crippen LogP contribution in [0.3, 0.4) is 0 Å². The first-order valence-electron chi connectivity index (χ1n) is 5.04. The summed E-state index contributed by atoms with van der Waals surface area (Å²) in [4.78, 5) is 21.8. The minimum atomic E-state index is -0.906. The van der Waals surface area contributed by atoms with Gasteiger partial charge in [0.2, 0.25) is 11.8 Å². The van der Waals surface area contributed by atoms with E-state index in [9.17, 15) is 9.59 Å². The van der Waals surface area contributed by atoms with E-state index in [1.54, 1.807) is 0 Å². The molecule has 0 fully saturated rings. The lowest BCUT2D eigenvalue weighted by molar-refractivity contribution is -0.123. The minimum Gasteiger partial charge on any atom is -0.394 e. The summed E-state index contributed by atoms with van der Waals surface area (Å²) in [5.41, 5.74) is 10.3. The second-order valence-corrected chi connectivity index (χ2v) is 3.95. The van der Waals surface area contributed by atoms with Crippen LogP contribution in [0.15, 0.2) is 0 Å². The van der Waals surface area contributed by atoms with E-state index in [-0.39, 0.29) is 18.2 Å². The Hall–Kier alpha value is -0.790. The molecule has 0 saturated heterocycles. The summed E-state index contributed by atoms with van der Waals surface area (Å²) in [6.45, 7) is -0.0119. The molecule has 0 rings (SSSR count). The third kappa shape index (κ3) is 6.65. The van der Waals surface area contributed by atoms with Crippen LogP contribution in [0.2, 0.25) is 0 Å². The van der Waals surface area contributed by atoms with Gasteiger partial charge in [-0.2, -0.15) is 12.6 Å². The lowest BCUT2D eigenvalue weighted by Crippen LogP contribution is -2.44. The maximum Gasteiger partial charge on any atom is 0.239 e. The molecule has 2 amide bonds. The predicted molar refractivity (Wildman–Crippen MR) is 63.8 cm³/mol. The number of nitrogens with one attached hydrogen (secondary N) is 1. The zero-order valence-corrected chi connectivity index (χ0v) is 9.95. The highest BCUT2D eigenvalue weighted by Gasteiger charge is 2.14. The van der Waals surface area contributed by atoms with Crippen molar-refractivity contribution in [3.63, 3.8) is 0 Å². The quantitative estimate of drug-likeness (QED) is 0.327. The molecule has 6 N–H and O–H groups in total. The van der Waals surface area contributed by atoms with E-state index < -0.39 is 18.6 Å². The van der Waals surface area contributed by atoms with Crippen molar-refractivity contribution in [2.24, 2.45) is 17.4 Å². The molecule has 2 atom stereocenters. The molecule has 0 bridgehead atoms. The Balaban J connectivity index is 3.86. The number of thiol groups is 1. The summed E-state index contributed by atoms with van der Waals surface area (Å²) < 4.78 is 0. The predicted octanol–water partition coefficient (Wildman–Crippen LogP) is -1.77. The number of primary amides is 1. The number of rotatable bonds is 8. The van der Waals surface area contributed by atoms with Gasteiger partial charge in [0.05, 0.1) is 6.61 Å². The summed E-state index contributed by atoms with van der Waals surface area (Å²) in [6, 6.07) is -0.906. The van der Waals surface area contributed by atoms with Crippen molar-refractivity contribution in [2.45, 2.75) is 18.9 Å². The van der Waals surface area contributed by atoms with Gasteiger partial charge in [0.15, 0.2) is 0 Å². The summed E-state index contributed by atoms with van der Waals surface area (Å²) in [6.07, 6.45) is 0.848. The number of hydrogen-bond acceptors (Lipinski definition) is 5. The van der Waals surface area contributed by atoms with Crippen LogP contribution in [0.5, 0.6) is 0 Å². The van der Waals surface area contributed by atoms with Crippen molar-refractivity contribution in [1.29, 1.82) is 0 Å². The highest BCUT2D eigenvalue weighted by molar-refractivity contribution is 7.80. The molecule has 0 saturated carbocycles. The second kappa shape index (κ2) is 8.37. The first-order valence-corrected chi connectivity index (χ1v) is 5.67. The van der Waals surface area contributed by atoms with Crippen LogP contribution in [0.25, 0.3) is 0 Å². The van der Waals surface area contributed by atoms with Gasteiger partial charge in [0, 0.05) is 13.0 Å². The average molecular weight is 249 g/mol. The summed E-state index contributed by atoms with van der Waals surface area (Å²) in [7, 11) is 0. The molecular weight excluding hydrogens is 230 g/mol. The molecule has 7 heteroatoms. The molecule has 0 aromatic heterocycles. The van der Waals surface area contributed by atoms with E-state index >= 15 is 0 Å². The van der Waals surface area contributed by atoms with Gasteiger partial charge < -0.3 is 21.9 Å². The number of aliphatic hydroxyl groups excluding tert-OH is 1. The number of nitrogens with two attached hydrogens (primary N) is 2. The minimum absolute atomic E-state index is 0.0747. The van der Waals surface area contributed by atoms with E-state index in [4.69, 9.17) is 16.6 Å². The van der Waals surface area contributed by atoms with Crippen LogP contribution in [0.4, 0.5) is 0 Å². The lowest BCUT2D eigenvalue weighted by atomic mass is 10.1. The van der Waals surface area contributed by atoms with Crippen molar-refractivity contribution in [1.82, 2.24) is 5.32 Å². The standard InChI is InChI=1S/C9H19N3O3S/c10-7(4-13)9(15)12-3-6(5-16)1-2-8(11)14/h6-7,13,16H,1-5,10H2,(H2,11,14)(H,12,15)/t6-,7?/m1/s1. The molecule has 0 heterocycles. The highest BCUT2D eigenvalue weighted by Crippen LogP contribution is 2.06. The number of carbonyl (C=O) groups is 2. The first-order chi connectivity index (χ1) is 7.51. The van der Waals surface area contributed by atoms with Crippen LogP contribution < -0.4 is 16.8 Å². The largest absolute Gasteiger partial charge is 0.394 e. The fourth-order valence-electron chi connectivity index (χ4n) is 1.06. The van der Waals surface area contributed by atoms with E-state index in [1.165, 1.54) is 0 Å². The van der Waals surface area contributed by atoms with Gasteiger partial charge in [-0.15, -0.1) is 0 Å². The van der Waals surface area contributed by atoms with Crippen molar-refractivity contribution >= 4 is 24.4 Å². The second-order valence-electron chi connectivity index (χ2n) is 3.59. The molecule has 0 aliphatic rings. The summed E-state index contributed by atoms with van der Waals surface area (Å²) >= 11 is 4.11. The van der Waals surface area contributed by atoms with E-state index in [0.29, 0.717) is 18.7 Å². The molecule has 0 aromatic carbocycles.